The van der Waals surface area contributed by atoms with Crippen LogP contribution >= 0.6 is 0 Å². The summed E-state index contributed by atoms with van der Waals surface area (Å²) < 4.78 is 31.1. The van der Waals surface area contributed by atoms with E-state index in [1.54, 1.807) is 6.92 Å². The Morgan fingerprint density at radius 3 is 2.52 bits per heavy atom. The van der Waals surface area contributed by atoms with E-state index in [1.165, 1.54) is 43.2 Å². The van der Waals surface area contributed by atoms with Gasteiger partial charge < -0.3 is 0 Å². The van der Waals surface area contributed by atoms with E-state index >= 15 is 0 Å². The third-order valence-corrected chi connectivity index (χ3v) is 5.92. The lowest BCUT2D eigenvalue weighted by molar-refractivity contribution is 0.440. The summed E-state index contributed by atoms with van der Waals surface area (Å²) in [4.78, 5) is 0. The van der Waals surface area contributed by atoms with E-state index in [2.05, 4.69) is 24.3 Å². The van der Waals surface area contributed by atoms with Crippen molar-refractivity contribution >= 4 is 10.1 Å². The van der Waals surface area contributed by atoms with Gasteiger partial charge in [-0.3, -0.25) is 4.55 Å². The molecule has 1 atom stereocenters. The molecule has 0 saturated heterocycles. The molecule has 118 valence electrons. The molecule has 0 amide bonds. The highest BCUT2D eigenvalue weighted by Crippen LogP contribution is 2.34. The largest absolute Gasteiger partial charge is 0.285 e. The number of aryl methyl sites for hydroxylation is 1. The second kappa shape index (κ2) is 7.41. The van der Waals surface area contributed by atoms with Gasteiger partial charge >= 0.3 is 0 Å². The molecule has 1 aromatic carbocycles. The van der Waals surface area contributed by atoms with Crippen molar-refractivity contribution in [1.82, 2.24) is 0 Å². The minimum Gasteiger partial charge on any atom is -0.285 e. The monoisotopic (exact) mass is 310 g/mol. The van der Waals surface area contributed by atoms with E-state index in [9.17, 15) is 8.42 Å². The summed E-state index contributed by atoms with van der Waals surface area (Å²) in [6.45, 7) is 1.57. The summed E-state index contributed by atoms with van der Waals surface area (Å²) in [7, 11) is -3.89. The summed E-state index contributed by atoms with van der Waals surface area (Å²) in [5, 5.41) is -0.667. The van der Waals surface area contributed by atoms with Gasteiger partial charge in [0.15, 0.2) is 0 Å². The van der Waals surface area contributed by atoms with Gasteiger partial charge in [0.05, 0.1) is 5.25 Å². The molecule has 3 nitrogen and oxygen atoms in total. The van der Waals surface area contributed by atoms with Crippen molar-refractivity contribution in [3.05, 3.63) is 35.4 Å². The molecule has 0 aromatic heterocycles. The van der Waals surface area contributed by atoms with Crippen LogP contribution < -0.4 is 0 Å². The van der Waals surface area contributed by atoms with E-state index in [0.717, 1.165) is 12.8 Å². The molecule has 0 aliphatic heterocycles. The first-order valence-electron chi connectivity index (χ1n) is 8.02. The van der Waals surface area contributed by atoms with Gasteiger partial charge in [0, 0.05) is 0 Å². The Bertz CT molecular complexity index is 545. The lowest BCUT2D eigenvalue weighted by Gasteiger charge is -2.24. The highest BCUT2D eigenvalue weighted by Gasteiger charge is 2.19. The fraction of sp³-hybridized carbons (Fsp3) is 0.647. The van der Waals surface area contributed by atoms with Crippen LogP contribution in [0.4, 0.5) is 0 Å². The van der Waals surface area contributed by atoms with E-state index < -0.39 is 15.4 Å². The summed E-state index contributed by atoms with van der Waals surface area (Å²) in [6, 6.07) is 8.57. The molecule has 1 aliphatic rings. The van der Waals surface area contributed by atoms with Gasteiger partial charge in [0.25, 0.3) is 10.1 Å². The van der Waals surface area contributed by atoms with Gasteiger partial charge in [-0.15, -0.1) is 0 Å². The van der Waals surface area contributed by atoms with Gasteiger partial charge in [-0.05, 0) is 56.1 Å². The van der Waals surface area contributed by atoms with Gasteiger partial charge in [0.2, 0.25) is 0 Å². The molecule has 4 heteroatoms. The Hall–Kier alpha value is -0.870. The molecule has 0 bridgehead atoms. The number of hydrogen-bond acceptors (Lipinski definition) is 2. The van der Waals surface area contributed by atoms with E-state index in [-0.39, 0.29) is 0 Å². The third-order valence-electron chi connectivity index (χ3n) is 4.67. The first-order chi connectivity index (χ1) is 9.98. The molecule has 1 aromatic rings. The molecule has 21 heavy (non-hydrogen) atoms. The van der Waals surface area contributed by atoms with Crippen molar-refractivity contribution in [2.24, 2.45) is 0 Å². The summed E-state index contributed by atoms with van der Waals surface area (Å²) >= 11 is 0. The van der Waals surface area contributed by atoms with Crippen LogP contribution in [0.5, 0.6) is 0 Å². The van der Waals surface area contributed by atoms with Crippen LogP contribution in [-0.2, 0) is 16.5 Å². The van der Waals surface area contributed by atoms with Gasteiger partial charge in [-0.1, -0.05) is 43.5 Å². The zero-order valence-corrected chi connectivity index (χ0v) is 13.6. The highest BCUT2D eigenvalue weighted by atomic mass is 32.2. The average Bonchev–Trinajstić information content (AvgIpc) is 2.47. The van der Waals surface area contributed by atoms with Crippen molar-refractivity contribution in [2.45, 2.75) is 69.5 Å². The third kappa shape index (κ3) is 4.82. The second-order valence-corrected chi connectivity index (χ2v) is 8.09. The Labute approximate surface area is 128 Å². The quantitative estimate of drug-likeness (QED) is 0.795. The van der Waals surface area contributed by atoms with Crippen LogP contribution in [0.25, 0.3) is 0 Å². The molecule has 2 rings (SSSR count). The second-order valence-electron chi connectivity index (χ2n) is 6.25. The molecule has 0 radical (unpaired) electrons. The molecule has 0 heterocycles. The first-order valence-corrected chi connectivity index (χ1v) is 9.53. The zero-order chi connectivity index (χ0) is 15.3. The average molecular weight is 310 g/mol. The molecule has 1 unspecified atom stereocenters. The Balaban J connectivity index is 1.97. The number of rotatable bonds is 6. The maximum absolute atomic E-state index is 11.0. The summed E-state index contributed by atoms with van der Waals surface area (Å²) in [5.41, 5.74) is 2.81. The molecular weight excluding hydrogens is 284 g/mol. The zero-order valence-electron chi connectivity index (χ0n) is 12.8. The van der Waals surface area contributed by atoms with Gasteiger partial charge in [-0.25, -0.2) is 0 Å². The normalized spacial score (nSPS) is 18.6. The molecule has 1 fully saturated rings. The Kier molecular flexibility index (Phi) is 5.82. The van der Waals surface area contributed by atoms with Crippen molar-refractivity contribution < 1.29 is 13.0 Å². The van der Waals surface area contributed by atoms with E-state index in [4.69, 9.17) is 4.55 Å². The van der Waals surface area contributed by atoms with Gasteiger partial charge in [0.1, 0.15) is 0 Å². The lowest BCUT2D eigenvalue weighted by atomic mass is 9.81. The maximum atomic E-state index is 11.0. The van der Waals surface area contributed by atoms with Crippen molar-refractivity contribution in [1.29, 1.82) is 0 Å². The van der Waals surface area contributed by atoms with Crippen LogP contribution in [0.15, 0.2) is 24.3 Å². The highest BCUT2D eigenvalue weighted by molar-refractivity contribution is 7.86. The standard InChI is InChI=1S/C17H26O3S/c1-14(21(18,19)20)8-7-12-16-11-5-6-13-17(16)15-9-3-2-4-10-15/h5-6,11,13-15H,2-4,7-10,12H2,1H3,(H,18,19,20). The predicted molar refractivity (Wildman–Crippen MR) is 86.2 cm³/mol. The smallest absolute Gasteiger partial charge is 0.267 e. The Morgan fingerprint density at radius 1 is 1.19 bits per heavy atom. The molecule has 0 spiro atoms. The number of hydrogen-bond donors (Lipinski definition) is 1. The van der Waals surface area contributed by atoms with Crippen LogP contribution in [0.3, 0.4) is 0 Å². The van der Waals surface area contributed by atoms with Crippen LogP contribution in [-0.4, -0.2) is 18.2 Å². The van der Waals surface area contributed by atoms with Crippen molar-refractivity contribution in [3.8, 4) is 0 Å². The topological polar surface area (TPSA) is 54.4 Å². The van der Waals surface area contributed by atoms with Crippen LogP contribution in [0, 0.1) is 0 Å². The van der Waals surface area contributed by atoms with Crippen molar-refractivity contribution in [2.75, 3.05) is 0 Å². The maximum Gasteiger partial charge on any atom is 0.267 e. The predicted octanol–water partition coefficient (Wildman–Crippen LogP) is 4.33. The fourth-order valence-electron chi connectivity index (χ4n) is 3.30. The number of benzene rings is 1. The minimum atomic E-state index is -3.89. The summed E-state index contributed by atoms with van der Waals surface area (Å²) in [6.07, 6.45) is 8.74. The first kappa shape index (κ1) is 16.5. The molecule has 1 aliphatic carbocycles. The Morgan fingerprint density at radius 2 is 1.86 bits per heavy atom. The lowest BCUT2D eigenvalue weighted by Crippen LogP contribution is -2.16. The van der Waals surface area contributed by atoms with Crippen LogP contribution in [0.2, 0.25) is 0 Å². The summed E-state index contributed by atoms with van der Waals surface area (Å²) in [5.74, 6) is 0.675. The van der Waals surface area contributed by atoms with E-state index in [0.29, 0.717) is 12.3 Å². The fourth-order valence-corrected chi connectivity index (χ4v) is 3.77. The minimum absolute atomic E-state index is 0.512. The van der Waals surface area contributed by atoms with Gasteiger partial charge in [-0.2, -0.15) is 8.42 Å². The van der Waals surface area contributed by atoms with E-state index in [1.807, 2.05) is 0 Å². The van der Waals surface area contributed by atoms with Crippen LogP contribution in [0.1, 0.15) is 68.9 Å². The SMILES string of the molecule is CC(CCCc1ccccc1C1CCCCC1)S(=O)(=O)O. The molecule has 1 saturated carbocycles. The van der Waals surface area contributed by atoms with Crippen molar-refractivity contribution in [3.63, 3.8) is 0 Å². The molecule has 1 N–H and O–H groups in total. The molecular formula is C17H26O3S.